The van der Waals surface area contributed by atoms with Gasteiger partial charge in [0.1, 0.15) is 0 Å². The molecule has 1 saturated heterocycles. The van der Waals surface area contributed by atoms with Crippen molar-refractivity contribution < 1.29 is 9.59 Å². The summed E-state index contributed by atoms with van der Waals surface area (Å²) < 4.78 is 1.64. The van der Waals surface area contributed by atoms with Crippen LogP contribution < -0.4 is 5.32 Å². The molecular formula is C14H16N4O2. The van der Waals surface area contributed by atoms with Gasteiger partial charge in [0, 0.05) is 19.3 Å². The molecule has 0 unspecified atom stereocenters. The topological polar surface area (TPSA) is 66.7 Å². The Morgan fingerprint density at radius 3 is 2.80 bits per heavy atom. The Labute approximate surface area is 116 Å². The zero-order valence-electron chi connectivity index (χ0n) is 11.1. The molecule has 3 rings (SSSR count). The number of nitrogens with one attached hydrogen (secondary N) is 1. The maximum absolute atomic E-state index is 12.0. The van der Waals surface area contributed by atoms with Gasteiger partial charge in [-0.3, -0.25) is 9.59 Å². The molecule has 2 aromatic rings. The first-order chi connectivity index (χ1) is 9.74. The molecule has 1 N–H and O–H groups in total. The molecule has 0 atom stereocenters. The minimum absolute atomic E-state index is 0.0281. The van der Waals surface area contributed by atoms with Crippen molar-refractivity contribution in [2.24, 2.45) is 0 Å². The molecule has 6 heteroatoms. The van der Waals surface area contributed by atoms with Gasteiger partial charge in [0.05, 0.1) is 12.1 Å². The Balaban J connectivity index is 1.62. The Morgan fingerprint density at radius 1 is 1.25 bits per heavy atom. The van der Waals surface area contributed by atoms with Crippen LogP contribution in [0.15, 0.2) is 30.5 Å². The molecule has 2 aromatic heterocycles. The number of hydrogen-bond acceptors (Lipinski definition) is 3. The van der Waals surface area contributed by atoms with Crippen molar-refractivity contribution >= 4 is 17.3 Å². The first-order valence-corrected chi connectivity index (χ1v) is 6.74. The normalized spacial score (nSPS) is 14.7. The van der Waals surface area contributed by atoms with Crippen LogP contribution >= 0.6 is 0 Å². The highest BCUT2D eigenvalue weighted by atomic mass is 16.2. The smallest absolute Gasteiger partial charge is 0.272 e. The quantitative estimate of drug-likeness (QED) is 0.893. The van der Waals surface area contributed by atoms with Crippen molar-refractivity contribution in [1.82, 2.24) is 19.8 Å². The van der Waals surface area contributed by atoms with Gasteiger partial charge in [-0.1, -0.05) is 6.07 Å². The fourth-order valence-electron chi connectivity index (χ4n) is 2.37. The lowest BCUT2D eigenvalue weighted by atomic mass is 10.3. The lowest BCUT2D eigenvalue weighted by molar-refractivity contribution is -0.129. The number of carbonyl (C=O) groups is 2. The van der Waals surface area contributed by atoms with Gasteiger partial charge >= 0.3 is 0 Å². The molecule has 6 nitrogen and oxygen atoms in total. The molecule has 0 bridgehead atoms. The molecule has 2 amide bonds. The fourth-order valence-corrected chi connectivity index (χ4v) is 2.37. The summed E-state index contributed by atoms with van der Waals surface area (Å²) in [4.78, 5) is 25.6. The van der Waals surface area contributed by atoms with E-state index in [0.29, 0.717) is 5.69 Å². The van der Waals surface area contributed by atoms with Crippen molar-refractivity contribution in [3.8, 4) is 0 Å². The summed E-state index contributed by atoms with van der Waals surface area (Å²) in [5.41, 5.74) is 1.17. The van der Waals surface area contributed by atoms with Crippen molar-refractivity contribution in [1.29, 1.82) is 0 Å². The molecule has 20 heavy (non-hydrogen) atoms. The summed E-state index contributed by atoms with van der Waals surface area (Å²) in [6, 6.07) is 7.31. The van der Waals surface area contributed by atoms with Crippen molar-refractivity contribution in [2.45, 2.75) is 12.8 Å². The lowest BCUT2D eigenvalue weighted by Gasteiger charge is -2.14. The maximum atomic E-state index is 12.0. The van der Waals surface area contributed by atoms with Crippen molar-refractivity contribution in [2.75, 3.05) is 19.6 Å². The van der Waals surface area contributed by atoms with E-state index in [-0.39, 0.29) is 18.4 Å². The molecule has 0 aromatic carbocycles. The zero-order valence-corrected chi connectivity index (χ0v) is 11.1. The molecule has 1 aliphatic heterocycles. The Hall–Kier alpha value is -2.37. The first kappa shape index (κ1) is 12.7. The number of amides is 2. The third-order valence-electron chi connectivity index (χ3n) is 3.46. The van der Waals surface area contributed by atoms with Gasteiger partial charge in [-0.2, -0.15) is 5.10 Å². The van der Waals surface area contributed by atoms with Gasteiger partial charge in [0.15, 0.2) is 5.69 Å². The van der Waals surface area contributed by atoms with Gasteiger partial charge in [0.25, 0.3) is 5.91 Å². The van der Waals surface area contributed by atoms with Crippen LogP contribution in [0.3, 0.4) is 0 Å². The second-order valence-corrected chi connectivity index (χ2v) is 4.87. The molecular weight excluding hydrogens is 256 g/mol. The average molecular weight is 272 g/mol. The number of fused-ring (bicyclic) bond motifs is 1. The number of nitrogens with zero attached hydrogens (tertiary/aromatic N) is 3. The van der Waals surface area contributed by atoms with Gasteiger partial charge in [-0.25, -0.2) is 4.52 Å². The highest BCUT2D eigenvalue weighted by Crippen LogP contribution is 2.07. The molecule has 0 spiro atoms. The van der Waals surface area contributed by atoms with E-state index < -0.39 is 0 Å². The molecule has 104 valence electrons. The average Bonchev–Trinajstić information content (AvgIpc) is 3.12. The second kappa shape index (κ2) is 5.32. The maximum Gasteiger partial charge on any atom is 0.272 e. The van der Waals surface area contributed by atoms with Crippen LogP contribution in [0.4, 0.5) is 0 Å². The van der Waals surface area contributed by atoms with Crippen LogP contribution in [0.5, 0.6) is 0 Å². The molecule has 0 radical (unpaired) electrons. The first-order valence-electron chi connectivity index (χ1n) is 6.74. The molecule has 0 saturated carbocycles. The van der Waals surface area contributed by atoms with Crippen LogP contribution in [0.25, 0.3) is 5.52 Å². The van der Waals surface area contributed by atoms with Gasteiger partial charge < -0.3 is 10.2 Å². The van der Waals surface area contributed by atoms with Crippen LogP contribution in [-0.2, 0) is 4.79 Å². The Bertz CT molecular complexity index is 610. The van der Waals surface area contributed by atoms with Crippen molar-refractivity contribution in [3.05, 3.63) is 36.2 Å². The van der Waals surface area contributed by atoms with E-state index in [2.05, 4.69) is 10.4 Å². The predicted octanol–water partition coefficient (Wildman–Crippen LogP) is 0.686. The van der Waals surface area contributed by atoms with E-state index >= 15 is 0 Å². The zero-order chi connectivity index (χ0) is 13.9. The minimum atomic E-state index is -0.318. The summed E-state index contributed by atoms with van der Waals surface area (Å²) >= 11 is 0. The van der Waals surface area contributed by atoms with Crippen LogP contribution in [0.1, 0.15) is 23.3 Å². The SMILES string of the molecule is O=C(NCC(=O)N1CCCC1)c1cc2ccccn2n1. The minimum Gasteiger partial charge on any atom is -0.342 e. The van der Waals surface area contributed by atoms with E-state index in [9.17, 15) is 9.59 Å². The summed E-state index contributed by atoms with van der Waals surface area (Å²) in [7, 11) is 0. The molecule has 1 fully saturated rings. The van der Waals surface area contributed by atoms with Gasteiger partial charge in [0.2, 0.25) is 5.91 Å². The number of carbonyl (C=O) groups excluding carboxylic acids is 2. The number of hydrogen-bond donors (Lipinski definition) is 1. The van der Waals surface area contributed by atoms with Crippen LogP contribution in [-0.4, -0.2) is 46.0 Å². The van der Waals surface area contributed by atoms with Crippen LogP contribution in [0.2, 0.25) is 0 Å². The van der Waals surface area contributed by atoms with Crippen LogP contribution in [0, 0.1) is 0 Å². The third-order valence-corrected chi connectivity index (χ3v) is 3.46. The number of pyridine rings is 1. The highest BCUT2D eigenvalue weighted by Gasteiger charge is 2.19. The summed E-state index contributed by atoms with van der Waals surface area (Å²) in [6.07, 6.45) is 3.87. The van der Waals surface area contributed by atoms with Gasteiger partial charge in [-0.15, -0.1) is 0 Å². The third kappa shape index (κ3) is 2.49. The largest absolute Gasteiger partial charge is 0.342 e. The molecule has 3 heterocycles. The molecule has 0 aliphatic carbocycles. The number of aromatic nitrogens is 2. The second-order valence-electron chi connectivity index (χ2n) is 4.87. The van der Waals surface area contributed by atoms with Gasteiger partial charge in [-0.05, 0) is 31.0 Å². The summed E-state index contributed by atoms with van der Waals surface area (Å²) in [5, 5.41) is 6.80. The van der Waals surface area contributed by atoms with E-state index in [1.54, 1.807) is 21.7 Å². The van der Waals surface area contributed by atoms with E-state index in [1.807, 2.05) is 18.2 Å². The standard InChI is InChI=1S/C14H16N4O2/c19-13(17-6-3-4-7-17)10-15-14(20)12-9-11-5-1-2-8-18(11)16-12/h1-2,5,8-9H,3-4,6-7,10H2,(H,15,20). The van der Waals surface area contributed by atoms with Crippen molar-refractivity contribution in [3.63, 3.8) is 0 Å². The summed E-state index contributed by atoms with van der Waals surface area (Å²) in [5.74, 6) is -0.346. The van der Waals surface area contributed by atoms with E-state index in [0.717, 1.165) is 31.4 Å². The fraction of sp³-hybridized carbons (Fsp3) is 0.357. The number of likely N-dealkylation sites (tertiary alicyclic amines) is 1. The number of rotatable bonds is 3. The Kier molecular flexibility index (Phi) is 3.37. The molecule has 1 aliphatic rings. The highest BCUT2D eigenvalue weighted by molar-refractivity contribution is 5.95. The predicted molar refractivity (Wildman–Crippen MR) is 73.3 cm³/mol. The monoisotopic (exact) mass is 272 g/mol. The van der Waals surface area contributed by atoms with E-state index in [4.69, 9.17) is 0 Å². The van der Waals surface area contributed by atoms with E-state index in [1.165, 1.54) is 0 Å². The lowest BCUT2D eigenvalue weighted by Crippen LogP contribution is -2.38. The summed E-state index contributed by atoms with van der Waals surface area (Å²) in [6.45, 7) is 1.62. The Morgan fingerprint density at radius 2 is 2.05 bits per heavy atom.